The summed E-state index contributed by atoms with van der Waals surface area (Å²) in [5.74, 6) is -0.0933. The van der Waals surface area contributed by atoms with Crippen molar-refractivity contribution in [2.24, 2.45) is 5.92 Å². The fraction of sp³-hybridized carbons (Fsp3) is 0.455. The third-order valence-corrected chi connectivity index (χ3v) is 4.85. The summed E-state index contributed by atoms with van der Waals surface area (Å²) in [4.78, 5) is -0.170. The van der Waals surface area contributed by atoms with E-state index in [1.54, 1.807) is 0 Å². The largest absolute Gasteiger partial charge is 0.416 e. The van der Waals surface area contributed by atoms with Gasteiger partial charge in [-0.05, 0) is 24.3 Å². The number of sulfonamides is 1. The summed E-state index contributed by atoms with van der Waals surface area (Å²) >= 11 is 0. The number of alkyl halides is 3. The Bertz CT molecular complexity index is 548. The molecule has 0 amide bonds. The van der Waals surface area contributed by atoms with E-state index in [2.05, 4.69) is 0 Å². The van der Waals surface area contributed by atoms with Gasteiger partial charge in [0.2, 0.25) is 10.0 Å². The van der Waals surface area contributed by atoms with Crippen molar-refractivity contribution in [3.8, 4) is 0 Å². The summed E-state index contributed by atoms with van der Waals surface area (Å²) in [5, 5.41) is 8.82. The second-order valence-corrected chi connectivity index (χ2v) is 6.33. The molecule has 1 aliphatic rings. The molecule has 1 heterocycles. The van der Waals surface area contributed by atoms with Gasteiger partial charge in [-0.25, -0.2) is 8.42 Å². The van der Waals surface area contributed by atoms with Gasteiger partial charge < -0.3 is 5.11 Å². The zero-order chi connectivity index (χ0) is 14.3. The Morgan fingerprint density at radius 1 is 1.21 bits per heavy atom. The third-order valence-electron chi connectivity index (χ3n) is 3.00. The Morgan fingerprint density at radius 3 is 2.16 bits per heavy atom. The highest BCUT2D eigenvalue weighted by molar-refractivity contribution is 7.89. The van der Waals surface area contributed by atoms with Crippen LogP contribution in [-0.4, -0.2) is 37.5 Å². The number of benzene rings is 1. The Morgan fingerprint density at radius 2 is 1.74 bits per heavy atom. The highest BCUT2D eigenvalue weighted by atomic mass is 32.2. The van der Waals surface area contributed by atoms with Crippen molar-refractivity contribution in [3.05, 3.63) is 29.8 Å². The number of hydrogen-bond donors (Lipinski definition) is 1. The Hall–Kier alpha value is -1.12. The molecule has 0 aromatic heterocycles. The molecule has 106 valence electrons. The Labute approximate surface area is 108 Å². The second-order valence-electron chi connectivity index (χ2n) is 4.39. The Kier molecular flexibility index (Phi) is 3.59. The Balaban J connectivity index is 2.18. The van der Waals surface area contributed by atoms with Crippen molar-refractivity contribution in [1.82, 2.24) is 4.31 Å². The van der Waals surface area contributed by atoms with E-state index in [0.29, 0.717) is 0 Å². The van der Waals surface area contributed by atoms with Gasteiger partial charge in [-0.15, -0.1) is 0 Å². The van der Waals surface area contributed by atoms with E-state index in [9.17, 15) is 21.6 Å². The summed E-state index contributed by atoms with van der Waals surface area (Å²) in [6, 6.07) is 3.39. The van der Waals surface area contributed by atoms with Gasteiger partial charge >= 0.3 is 6.18 Å². The molecule has 0 saturated carbocycles. The van der Waals surface area contributed by atoms with Crippen molar-refractivity contribution in [3.63, 3.8) is 0 Å². The van der Waals surface area contributed by atoms with Crippen LogP contribution in [0.3, 0.4) is 0 Å². The van der Waals surface area contributed by atoms with Crippen LogP contribution in [0.4, 0.5) is 13.2 Å². The average Bonchev–Trinajstić information content (AvgIpc) is 2.26. The number of hydrogen-bond acceptors (Lipinski definition) is 3. The monoisotopic (exact) mass is 295 g/mol. The van der Waals surface area contributed by atoms with E-state index in [-0.39, 0.29) is 30.5 Å². The van der Waals surface area contributed by atoms with Crippen LogP contribution in [0, 0.1) is 5.92 Å². The molecule has 2 rings (SSSR count). The highest BCUT2D eigenvalue weighted by Crippen LogP contribution is 2.31. The first-order valence-electron chi connectivity index (χ1n) is 5.53. The van der Waals surface area contributed by atoms with Gasteiger partial charge in [-0.1, -0.05) is 0 Å². The van der Waals surface area contributed by atoms with Gasteiger partial charge in [0.05, 0.1) is 10.5 Å². The molecule has 1 aromatic rings. The van der Waals surface area contributed by atoms with Gasteiger partial charge in [-0.3, -0.25) is 0 Å². The average molecular weight is 295 g/mol. The van der Waals surface area contributed by atoms with Crippen molar-refractivity contribution in [1.29, 1.82) is 0 Å². The van der Waals surface area contributed by atoms with Crippen LogP contribution in [0.25, 0.3) is 0 Å². The molecular weight excluding hydrogens is 283 g/mol. The van der Waals surface area contributed by atoms with E-state index in [0.717, 1.165) is 28.6 Å². The standard InChI is InChI=1S/C11H12F3NO3S/c12-11(13,14)9-1-3-10(4-2-9)19(17,18)15-5-8(6-15)7-16/h1-4,8,16H,5-7H2. The van der Waals surface area contributed by atoms with Crippen LogP contribution >= 0.6 is 0 Å². The van der Waals surface area contributed by atoms with Crippen molar-refractivity contribution in [2.45, 2.75) is 11.1 Å². The number of aliphatic hydroxyl groups excluding tert-OH is 1. The fourth-order valence-electron chi connectivity index (χ4n) is 1.80. The minimum absolute atomic E-state index is 0.0933. The van der Waals surface area contributed by atoms with Crippen LogP contribution in [0.1, 0.15) is 5.56 Å². The van der Waals surface area contributed by atoms with Crippen LogP contribution in [0.2, 0.25) is 0 Å². The van der Waals surface area contributed by atoms with Crippen LogP contribution in [0.5, 0.6) is 0 Å². The quantitative estimate of drug-likeness (QED) is 0.915. The maximum absolute atomic E-state index is 12.4. The molecule has 0 unspecified atom stereocenters. The smallest absolute Gasteiger partial charge is 0.396 e. The molecule has 1 saturated heterocycles. The van der Waals surface area contributed by atoms with E-state index < -0.39 is 21.8 Å². The minimum Gasteiger partial charge on any atom is -0.396 e. The number of halogens is 3. The lowest BCUT2D eigenvalue weighted by Crippen LogP contribution is -2.51. The third kappa shape index (κ3) is 2.75. The summed E-state index contributed by atoms with van der Waals surface area (Å²) in [7, 11) is -3.75. The molecule has 4 nitrogen and oxygen atoms in total. The SMILES string of the molecule is O=S(=O)(c1ccc(C(F)(F)F)cc1)N1CC(CO)C1. The molecular formula is C11H12F3NO3S. The zero-order valence-electron chi connectivity index (χ0n) is 9.76. The summed E-state index contributed by atoms with van der Waals surface area (Å²) in [5.41, 5.74) is -0.886. The molecule has 8 heteroatoms. The van der Waals surface area contributed by atoms with Crippen molar-refractivity contribution >= 4 is 10.0 Å². The predicted octanol–water partition coefficient (Wildman–Crippen LogP) is 1.32. The topological polar surface area (TPSA) is 57.6 Å². The molecule has 0 atom stereocenters. The van der Waals surface area contributed by atoms with Crippen LogP contribution < -0.4 is 0 Å². The fourth-order valence-corrected chi connectivity index (χ4v) is 3.39. The summed E-state index contributed by atoms with van der Waals surface area (Å²) in [6.07, 6.45) is -4.49. The van der Waals surface area contributed by atoms with Gasteiger partial charge in [0, 0.05) is 25.6 Å². The van der Waals surface area contributed by atoms with Crippen molar-refractivity contribution < 1.29 is 26.7 Å². The first-order valence-corrected chi connectivity index (χ1v) is 6.97. The molecule has 0 aliphatic carbocycles. The summed E-state index contributed by atoms with van der Waals surface area (Å²) in [6.45, 7) is 0.290. The summed E-state index contributed by atoms with van der Waals surface area (Å²) < 4.78 is 62.2. The molecule has 1 fully saturated rings. The van der Waals surface area contributed by atoms with Gasteiger partial charge in [0.25, 0.3) is 0 Å². The number of aliphatic hydroxyl groups is 1. The van der Waals surface area contributed by atoms with Crippen LogP contribution in [-0.2, 0) is 16.2 Å². The first-order chi connectivity index (χ1) is 8.75. The van der Waals surface area contributed by atoms with E-state index >= 15 is 0 Å². The minimum atomic E-state index is -4.49. The lowest BCUT2D eigenvalue weighted by Gasteiger charge is -2.36. The molecule has 1 N–H and O–H groups in total. The van der Waals surface area contributed by atoms with E-state index in [1.807, 2.05) is 0 Å². The lowest BCUT2D eigenvalue weighted by atomic mass is 10.1. The zero-order valence-corrected chi connectivity index (χ0v) is 10.6. The molecule has 1 aliphatic heterocycles. The number of rotatable bonds is 3. The number of nitrogens with zero attached hydrogens (tertiary/aromatic N) is 1. The van der Waals surface area contributed by atoms with Crippen molar-refractivity contribution in [2.75, 3.05) is 19.7 Å². The maximum Gasteiger partial charge on any atom is 0.416 e. The molecule has 19 heavy (non-hydrogen) atoms. The lowest BCUT2D eigenvalue weighted by molar-refractivity contribution is -0.137. The molecule has 1 aromatic carbocycles. The van der Waals surface area contributed by atoms with Gasteiger partial charge in [-0.2, -0.15) is 17.5 Å². The first kappa shape index (κ1) is 14.3. The van der Waals surface area contributed by atoms with E-state index in [4.69, 9.17) is 5.11 Å². The molecule has 0 spiro atoms. The normalized spacial score (nSPS) is 18.3. The highest BCUT2D eigenvalue weighted by Gasteiger charge is 2.37. The molecule has 0 radical (unpaired) electrons. The molecule has 0 bridgehead atoms. The van der Waals surface area contributed by atoms with E-state index in [1.165, 1.54) is 0 Å². The second kappa shape index (κ2) is 4.77. The maximum atomic E-state index is 12.4. The van der Waals surface area contributed by atoms with Gasteiger partial charge in [0.15, 0.2) is 0 Å². The van der Waals surface area contributed by atoms with Crippen LogP contribution in [0.15, 0.2) is 29.2 Å². The predicted molar refractivity (Wildman–Crippen MR) is 60.8 cm³/mol. The van der Waals surface area contributed by atoms with Gasteiger partial charge in [0.1, 0.15) is 0 Å².